The molecule has 6 heteroatoms. The largest absolute Gasteiger partial charge is 0.339 e. The molecule has 3 rings (SSSR count). The molecule has 0 saturated carbocycles. The third-order valence-electron chi connectivity index (χ3n) is 2.50. The van der Waals surface area contributed by atoms with E-state index in [9.17, 15) is 0 Å². The molecule has 0 aliphatic rings. The summed E-state index contributed by atoms with van der Waals surface area (Å²) in [5, 5.41) is 19.5. The molecule has 0 fully saturated rings. The molecule has 0 unspecified atom stereocenters. The van der Waals surface area contributed by atoms with Crippen LogP contribution in [0.4, 0.5) is 11.5 Å². The second-order valence-corrected chi connectivity index (χ2v) is 3.67. The summed E-state index contributed by atoms with van der Waals surface area (Å²) in [5.74, 6) is 0.656. The average molecular weight is 236 g/mol. The van der Waals surface area contributed by atoms with E-state index in [0.717, 1.165) is 11.1 Å². The van der Waals surface area contributed by atoms with Crippen LogP contribution in [0.3, 0.4) is 0 Å². The van der Waals surface area contributed by atoms with Gasteiger partial charge in [0.15, 0.2) is 5.65 Å². The van der Waals surface area contributed by atoms with E-state index in [1.807, 2.05) is 12.1 Å². The molecule has 86 valence electrons. The number of H-pyrrole nitrogens is 1. The molecule has 2 N–H and O–H groups in total. The van der Waals surface area contributed by atoms with Crippen molar-refractivity contribution in [1.29, 1.82) is 5.26 Å². The van der Waals surface area contributed by atoms with Crippen molar-refractivity contribution in [3.8, 4) is 6.07 Å². The van der Waals surface area contributed by atoms with Crippen molar-refractivity contribution in [2.75, 3.05) is 5.32 Å². The number of benzene rings is 1. The first-order valence-corrected chi connectivity index (χ1v) is 5.28. The normalized spacial score (nSPS) is 10.2. The fourth-order valence-electron chi connectivity index (χ4n) is 1.67. The predicted octanol–water partition coefficient (Wildman–Crippen LogP) is 1.97. The minimum atomic E-state index is 0.595. The molecule has 0 aliphatic carbocycles. The maximum absolute atomic E-state index is 8.85. The van der Waals surface area contributed by atoms with Gasteiger partial charge in [0, 0.05) is 5.69 Å². The van der Waals surface area contributed by atoms with E-state index in [-0.39, 0.29) is 0 Å². The third kappa shape index (κ3) is 1.74. The van der Waals surface area contributed by atoms with Gasteiger partial charge in [0.2, 0.25) is 0 Å². The maximum atomic E-state index is 8.85. The van der Waals surface area contributed by atoms with Crippen molar-refractivity contribution in [3.63, 3.8) is 0 Å². The SMILES string of the molecule is N#Cc1cccc(Nc2ncnc3[nH]ncc23)c1. The molecule has 6 nitrogen and oxygen atoms in total. The summed E-state index contributed by atoms with van der Waals surface area (Å²) in [5.41, 5.74) is 2.07. The first kappa shape index (κ1) is 10.2. The number of anilines is 2. The minimum Gasteiger partial charge on any atom is -0.339 e. The van der Waals surface area contributed by atoms with Crippen molar-refractivity contribution in [2.45, 2.75) is 0 Å². The molecule has 0 bridgehead atoms. The second-order valence-electron chi connectivity index (χ2n) is 3.67. The summed E-state index contributed by atoms with van der Waals surface area (Å²) in [6, 6.07) is 9.28. The maximum Gasteiger partial charge on any atom is 0.160 e. The molecule has 2 aromatic heterocycles. The zero-order valence-electron chi connectivity index (χ0n) is 9.25. The summed E-state index contributed by atoms with van der Waals surface area (Å²) in [6.45, 7) is 0. The van der Waals surface area contributed by atoms with Crippen molar-refractivity contribution in [2.24, 2.45) is 0 Å². The quantitative estimate of drug-likeness (QED) is 0.709. The molecule has 0 aliphatic heterocycles. The van der Waals surface area contributed by atoms with Gasteiger partial charge in [-0.1, -0.05) is 6.07 Å². The molecule has 18 heavy (non-hydrogen) atoms. The Morgan fingerprint density at radius 2 is 2.22 bits per heavy atom. The zero-order valence-corrected chi connectivity index (χ0v) is 9.25. The minimum absolute atomic E-state index is 0.595. The van der Waals surface area contributed by atoms with Gasteiger partial charge in [-0.05, 0) is 18.2 Å². The van der Waals surface area contributed by atoms with Crippen LogP contribution in [0.2, 0.25) is 0 Å². The summed E-state index contributed by atoms with van der Waals surface area (Å²) < 4.78 is 0. The number of nitrogens with zero attached hydrogens (tertiary/aromatic N) is 4. The highest BCUT2D eigenvalue weighted by Gasteiger charge is 2.05. The Kier molecular flexibility index (Phi) is 2.35. The fraction of sp³-hybridized carbons (Fsp3) is 0. The lowest BCUT2D eigenvalue weighted by Gasteiger charge is -2.05. The lowest BCUT2D eigenvalue weighted by molar-refractivity contribution is 1.09. The van der Waals surface area contributed by atoms with Gasteiger partial charge < -0.3 is 5.32 Å². The lowest BCUT2D eigenvalue weighted by Crippen LogP contribution is -1.95. The molecular formula is C12H8N6. The van der Waals surface area contributed by atoms with Crippen molar-refractivity contribution in [1.82, 2.24) is 20.2 Å². The van der Waals surface area contributed by atoms with Gasteiger partial charge >= 0.3 is 0 Å². The van der Waals surface area contributed by atoms with Crippen LogP contribution in [-0.4, -0.2) is 20.2 Å². The Hall–Kier alpha value is -2.94. The van der Waals surface area contributed by atoms with Crippen LogP contribution in [0.5, 0.6) is 0 Å². The van der Waals surface area contributed by atoms with Crippen LogP contribution in [0.1, 0.15) is 5.56 Å². The van der Waals surface area contributed by atoms with Crippen LogP contribution in [0, 0.1) is 11.3 Å². The number of nitrogens with one attached hydrogen (secondary N) is 2. The molecular weight excluding hydrogens is 228 g/mol. The zero-order chi connectivity index (χ0) is 12.4. The molecule has 0 saturated heterocycles. The Morgan fingerprint density at radius 3 is 3.11 bits per heavy atom. The van der Waals surface area contributed by atoms with E-state index in [2.05, 4.69) is 31.6 Å². The topological polar surface area (TPSA) is 90.3 Å². The molecule has 0 spiro atoms. The van der Waals surface area contributed by atoms with Crippen molar-refractivity contribution < 1.29 is 0 Å². The van der Waals surface area contributed by atoms with E-state index in [1.165, 1.54) is 6.33 Å². The van der Waals surface area contributed by atoms with Crippen molar-refractivity contribution >= 4 is 22.5 Å². The lowest BCUT2D eigenvalue weighted by atomic mass is 10.2. The predicted molar refractivity (Wildman–Crippen MR) is 66.1 cm³/mol. The van der Waals surface area contributed by atoms with Gasteiger partial charge in [-0.15, -0.1) is 0 Å². The van der Waals surface area contributed by atoms with E-state index in [1.54, 1.807) is 18.3 Å². The van der Waals surface area contributed by atoms with Crippen LogP contribution in [-0.2, 0) is 0 Å². The van der Waals surface area contributed by atoms with Gasteiger partial charge in [0.05, 0.1) is 23.2 Å². The van der Waals surface area contributed by atoms with E-state index in [4.69, 9.17) is 5.26 Å². The number of nitriles is 1. The first-order chi connectivity index (χ1) is 8.86. The summed E-state index contributed by atoms with van der Waals surface area (Å²) in [7, 11) is 0. The van der Waals surface area contributed by atoms with Gasteiger partial charge in [-0.25, -0.2) is 9.97 Å². The fourth-order valence-corrected chi connectivity index (χ4v) is 1.67. The first-order valence-electron chi connectivity index (χ1n) is 5.28. The number of aromatic nitrogens is 4. The smallest absolute Gasteiger partial charge is 0.160 e. The van der Waals surface area contributed by atoms with Gasteiger partial charge in [-0.2, -0.15) is 10.4 Å². The Labute approximate surface area is 102 Å². The number of hydrogen-bond donors (Lipinski definition) is 2. The Morgan fingerprint density at radius 1 is 1.28 bits per heavy atom. The van der Waals surface area contributed by atoms with Gasteiger partial charge in [-0.3, -0.25) is 5.10 Å². The number of rotatable bonds is 2. The van der Waals surface area contributed by atoms with Crippen LogP contribution < -0.4 is 5.32 Å². The highest BCUT2D eigenvalue weighted by Crippen LogP contribution is 2.21. The van der Waals surface area contributed by atoms with Gasteiger partial charge in [0.1, 0.15) is 12.1 Å². The number of fused-ring (bicyclic) bond motifs is 1. The number of hydrogen-bond acceptors (Lipinski definition) is 5. The Bertz CT molecular complexity index is 739. The molecule has 2 heterocycles. The highest BCUT2D eigenvalue weighted by molar-refractivity contribution is 5.87. The van der Waals surface area contributed by atoms with Gasteiger partial charge in [0.25, 0.3) is 0 Å². The highest BCUT2D eigenvalue weighted by atomic mass is 15.2. The average Bonchev–Trinajstić information content (AvgIpc) is 2.88. The second kappa shape index (κ2) is 4.14. The molecule has 1 aromatic carbocycles. The summed E-state index contributed by atoms with van der Waals surface area (Å²) >= 11 is 0. The summed E-state index contributed by atoms with van der Waals surface area (Å²) in [4.78, 5) is 8.22. The monoisotopic (exact) mass is 236 g/mol. The van der Waals surface area contributed by atoms with E-state index >= 15 is 0 Å². The van der Waals surface area contributed by atoms with Crippen LogP contribution in [0.15, 0.2) is 36.8 Å². The van der Waals surface area contributed by atoms with E-state index < -0.39 is 0 Å². The molecule has 0 amide bonds. The molecule has 0 atom stereocenters. The Balaban J connectivity index is 2.01. The molecule has 3 aromatic rings. The van der Waals surface area contributed by atoms with Crippen LogP contribution >= 0.6 is 0 Å². The summed E-state index contributed by atoms with van der Waals surface area (Å²) in [6.07, 6.45) is 3.11. The molecule has 0 radical (unpaired) electrons. The van der Waals surface area contributed by atoms with E-state index in [0.29, 0.717) is 17.0 Å². The van der Waals surface area contributed by atoms with Crippen molar-refractivity contribution in [3.05, 3.63) is 42.4 Å². The third-order valence-corrected chi connectivity index (χ3v) is 2.50. The van der Waals surface area contributed by atoms with Crippen LogP contribution in [0.25, 0.3) is 11.0 Å². The number of aromatic amines is 1. The standard InChI is InChI=1S/C12H8N6/c13-5-8-2-1-3-9(4-8)17-11-10-6-16-18-12(10)15-7-14-11/h1-4,6-7H,(H2,14,15,16,17,18).